The normalized spacial score (nSPS) is 11.2. The third kappa shape index (κ3) is 2.65. The molecule has 4 aromatic rings. The molecule has 24 heavy (non-hydrogen) atoms. The Labute approximate surface area is 143 Å². The monoisotopic (exact) mass is 339 g/mol. The fraction of sp³-hybridized carbons (Fsp3) is 0.176. The second kappa shape index (κ2) is 6.41. The van der Waals surface area contributed by atoms with Crippen LogP contribution in [0, 0.1) is 0 Å². The van der Waals surface area contributed by atoms with Gasteiger partial charge in [0.15, 0.2) is 11.6 Å². The molecule has 0 amide bonds. The van der Waals surface area contributed by atoms with Gasteiger partial charge in [0.2, 0.25) is 0 Å². The molecular weight excluding hydrogens is 326 g/mol. The van der Waals surface area contributed by atoms with Gasteiger partial charge < -0.3 is 4.52 Å². The SMILES string of the molecule is ClCCCc1nnnn1-c1ccc2noc(-c3ccccc3)c2c1. The number of hydrogen-bond acceptors (Lipinski definition) is 5. The zero-order chi connectivity index (χ0) is 16.4. The molecule has 0 N–H and O–H groups in total. The average molecular weight is 340 g/mol. The van der Waals surface area contributed by atoms with Gasteiger partial charge in [0.1, 0.15) is 5.52 Å². The Kier molecular flexibility index (Phi) is 3.96. The molecule has 7 heteroatoms. The molecule has 0 bridgehead atoms. The van der Waals surface area contributed by atoms with Crippen molar-refractivity contribution in [2.45, 2.75) is 12.8 Å². The summed E-state index contributed by atoms with van der Waals surface area (Å²) in [5.41, 5.74) is 2.65. The minimum Gasteiger partial charge on any atom is -0.355 e. The Balaban J connectivity index is 1.80. The Morgan fingerprint density at radius 3 is 2.79 bits per heavy atom. The summed E-state index contributed by atoms with van der Waals surface area (Å²) >= 11 is 5.77. The van der Waals surface area contributed by atoms with Crippen molar-refractivity contribution < 1.29 is 4.52 Å². The van der Waals surface area contributed by atoms with Crippen molar-refractivity contribution >= 4 is 22.5 Å². The van der Waals surface area contributed by atoms with Crippen LogP contribution in [0.3, 0.4) is 0 Å². The quantitative estimate of drug-likeness (QED) is 0.519. The highest BCUT2D eigenvalue weighted by Gasteiger charge is 2.14. The molecular formula is C17H14ClN5O. The molecule has 0 spiro atoms. The van der Waals surface area contributed by atoms with E-state index in [1.807, 2.05) is 48.5 Å². The van der Waals surface area contributed by atoms with Crippen LogP contribution in [0.5, 0.6) is 0 Å². The maximum Gasteiger partial charge on any atom is 0.174 e. The predicted molar refractivity (Wildman–Crippen MR) is 91.2 cm³/mol. The van der Waals surface area contributed by atoms with E-state index in [0.29, 0.717) is 5.88 Å². The highest BCUT2D eigenvalue weighted by atomic mass is 35.5. The molecule has 0 aliphatic carbocycles. The summed E-state index contributed by atoms with van der Waals surface area (Å²) in [7, 11) is 0. The summed E-state index contributed by atoms with van der Waals surface area (Å²) in [6.07, 6.45) is 1.55. The van der Waals surface area contributed by atoms with Crippen LogP contribution in [-0.4, -0.2) is 31.2 Å². The standard InChI is InChI=1S/C17H14ClN5O/c18-10-4-7-16-19-21-22-23(16)13-8-9-15-14(11-13)17(24-20-15)12-5-2-1-3-6-12/h1-3,5-6,8-9,11H,4,7,10H2. The number of tetrazole rings is 1. The molecule has 2 heterocycles. The van der Waals surface area contributed by atoms with E-state index in [9.17, 15) is 0 Å². The predicted octanol–water partition coefficient (Wildman–Crippen LogP) is 3.64. The number of aryl methyl sites for hydroxylation is 1. The van der Waals surface area contributed by atoms with Crippen molar-refractivity contribution in [1.82, 2.24) is 25.4 Å². The lowest BCUT2D eigenvalue weighted by Gasteiger charge is -2.04. The fourth-order valence-electron chi connectivity index (χ4n) is 2.65. The van der Waals surface area contributed by atoms with E-state index in [0.717, 1.165) is 46.6 Å². The van der Waals surface area contributed by atoms with Gasteiger partial charge in [0.05, 0.1) is 11.1 Å². The molecule has 120 valence electrons. The number of alkyl halides is 1. The van der Waals surface area contributed by atoms with E-state index >= 15 is 0 Å². The first kappa shape index (κ1) is 14.8. The molecule has 0 radical (unpaired) electrons. The average Bonchev–Trinajstić information content (AvgIpc) is 3.26. The Morgan fingerprint density at radius 2 is 1.96 bits per heavy atom. The number of rotatable bonds is 5. The number of aromatic nitrogens is 5. The molecule has 4 rings (SSSR count). The summed E-state index contributed by atoms with van der Waals surface area (Å²) in [5, 5.41) is 17.0. The Hall–Kier alpha value is -2.73. The molecule has 2 aromatic carbocycles. The topological polar surface area (TPSA) is 69.6 Å². The van der Waals surface area contributed by atoms with Crippen molar-refractivity contribution in [1.29, 1.82) is 0 Å². The molecule has 0 atom stereocenters. The number of nitrogens with zero attached hydrogens (tertiary/aromatic N) is 5. The van der Waals surface area contributed by atoms with E-state index in [1.54, 1.807) is 4.68 Å². The number of halogens is 1. The van der Waals surface area contributed by atoms with Gasteiger partial charge in [0.25, 0.3) is 0 Å². The molecule has 0 aliphatic heterocycles. The summed E-state index contributed by atoms with van der Waals surface area (Å²) in [4.78, 5) is 0. The van der Waals surface area contributed by atoms with Gasteiger partial charge >= 0.3 is 0 Å². The van der Waals surface area contributed by atoms with Gasteiger partial charge in [-0.15, -0.1) is 16.7 Å². The van der Waals surface area contributed by atoms with E-state index in [4.69, 9.17) is 16.1 Å². The Morgan fingerprint density at radius 1 is 1.08 bits per heavy atom. The van der Waals surface area contributed by atoms with Crippen molar-refractivity contribution in [3.63, 3.8) is 0 Å². The highest BCUT2D eigenvalue weighted by Crippen LogP contribution is 2.30. The number of hydrogen-bond donors (Lipinski definition) is 0. The number of benzene rings is 2. The van der Waals surface area contributed by atoms with Gasteiger partial charge in [-0.05, 0) is 35.0 Å². The maximum absolute atomic E-state index is 5.77. The zero-order valence-corrected chi connectivity index (χ0v) is 13.5. The van der Waals surface area contributed by atoms with Crippen LogP contribution in [0.4, 0.5) is 0 Å². The first-order valence-corrected chi connectivity index (χ1v) is 8.19. The zero-order valence-electron chi connectivity index (χ0n) is 12.8. The van der Waals surface area contributed by atoms with Gasteiger partial charge in [-0.1, -0.05) is 35.5 Å². The van der Waals surface area contributed by atoms with Gasteiger partial charge in [-0.3, -0.25) is 0 Å². The molecule has 0 saturated heterocycles. The van der Waals surface area contributed by atoms with Crippen LogP contribution < -0.4 is 0 Å². The van der Waals surface area contributed by atoms with Crippen molar-refractivity contribution in [3.05, 3.63) is 54.4 Å². The lowest BCUT2D eigenvalue weighted by Crippen LogP contribution is -2.03. The largest absolute Gasteiger partial charge is 0.355 e. The highest BCUT2D eigenvalue weighted by molar-refractivity contribution is 6.17. The molecule has 0 saturated carbocycles. The summed E-state index contributed by atoms with van der Waals surface area (Å²) in [5.74, 6) is 2.10. The number of fused-ring (bicyclic) bond motifs is 1. The third-order valence-electron chi connectivity index (χ3n) is 3.81. The second-order valence-electron chi connectivity index (χ2n) is 5.38. The lowest BCUT2D eigenvalue weighted by atomic mass is 10.1. The van der Waals surface area contributed by atoms with E-state index in [-0.39, 0.29) is 0 Å². The fourth-order valence-corrected chi connectivity index (χ4v) is 2.78. The van der Waals surface area contributed by atoms with Crippen LogP contribution in [0.2, 0.25) is 0 Å². The maximum atomic E-state index is 5.77. The van der Waals surface area contributed by atoms with Gasteiger partial charge in [-0.2, -0.15) is 4.68 Å². The van der Waals surface area contributed by atoms with Crippen molar-refractivity contribution in [2.75, 3.05) is 5.88 Å². The van der Waals surface area contributed by atoms with E-state index < -0.39 is 0 Å². The minimum atomic E-state index is 0.579. The van der Waals surface area contributed by atoms with Crippen LogP contribution in [0.15, 0.2) is 53.1 Å². The molecule has 0 unspecified atom stereocenters. The molecule has 0 aliphatic rings. The van der Waals surface area contributed by atoms with Crippen molar-refractivity contribution in [3.8, 4) is 17.0 Å². The first-order chi connectivity index (χ1) is 11.9. The van der Waals surface area contributed by atoms with Crippen LogP contribution in [0.1, 0.15) is 12.2 Å². The summed E-state index contributed by atoms with van der Waals surface area (Å²) in [6, 6.07) is 15.7. The van der Waals surface area contributed by atoms with E-state index in [2.05, 4.69) is 20.7 Å². The second-order valence-corrected chi connectivity index (χ2v) is 5.76. The molecule has 2 aromatic heterocycles. The molecule has 6 nitrogen and oxygen atoms in total. The van der Waals surface area contributed by atoms with Crippen molar-refractivity contribution in [2.24, 2.45) is 0 Å². The van der Waals surface area contributed by atoms with Crippen LogP contribution in [-0.2, 0) is 6.42 Å². The van der Waals surface area contributed by atoms with Crippen LogP contribution >= 0.6 is 11.6 Å². The van der Waals surface area contributed by atoms with E-state index in [1.165, 1.54) is 0 Å². The third-order valence-corrected chi connectivity index (χ3v) is 4.08. The first-order valence-electron chi connectivity index (χ1n) is 7.65. The smallest absolute Gasteiger partial charge is 0.174 e. The van der Waals surface area contributed by atoms with Gasteiger partial charge in [-0.25, -0.2) is 0 Å². The Bertz CT molecular complexity index is 963. The lowest BCUT2D eigenvalue weighted by molar-refractivity contribution is 0.441. The van der Waals surface area contributed by atoms with Gasteiger partial charge in [0, 0.05) is 17.9 Å². The van der Waals surface area contributed by atoms with Crippen LogP contribution in [0.25, 0.3) is 27.9 Å². The minimum absolute atomic E-state index is 0.579. The summed E-state index contributed by atoms with van der Waals surface area (Å²) in [6.45, 7) is 0. The summed E-state index contributed by atoms with van der Waals surface area (Å²) < 4.78 is 7.27. The molecule has 0 fully saturated rings.